The number of Topliss-reactive ketones (excluding diaryl/α,β-unsaturated/α-hetero) is 1. The number of carbonyl (C=O) groups is 1. The molecule has 0 bridgehead atoms. The number of nitrogens with one attached hydrogen (secondary N) is 1. The van der Waals surface area contributed by atoms with Gasteiger partial charge in [-0.1, -0.05) is 44.7 Å². The number of halogens is 2. The first-order chi connectivity index (χ1) is 18.5. The molecule has 1 aliphatic carbocycles. The SMILES string of the molecule is C=C(Nc1ccc(C(C)=O)c(CC)c1)C(C)=N/C=C(\C)C1=C(F)C(F)C(OC(/C=C\C=C/C)=C(/C)CC)C=C1. The van der Waals surface area contributed by atoms with Gasteiger partial charge in [-0.3, -0.25) is 9.79 Å². The number of carbonyl (C=O) groups excluding carboxylic acids is 1. The summed E-state index contributed by atoms with van der Waals surface area (Å²) in [6.45, 7) is 16.8. The summed E-state index contributed by atoms with van der Waals surface area (Å²) < 4.78 is 36.1. The van der Waals surface area contributed by atoms with Crippen LogP contribution < -0.4 is 5.32 Å². The van der Waals surface area contributed by atoms with E-state index >= 15 is 8.78 Å². The highest BCUT2D eigenvalue weighted by atomic mass is 19.2. The van der Waals surface area contributed by atoms with E-state index in [1.165, 1.54) is 12.3 Å². The van der Waals surface area contributed by atoms with Gasteiger partial charge in [-0.05, 0) is 94.5 Å². The Morgan fingerprint density at radius 3 is 2.51 bits per heavy atom. The molecule has 0 fully saturated rings. The van der Waals surface area contributed by atoms with Crippen LogP contribution in [0.3, 0.4) is 0 Å². The van der Waals surface area contributed by atoms with E-state index in [4.69, 9.17) is 4.74 Å². The predicted octanol–water partition coefficient (Wildman–Crippen LogP) is 9.07. The van der Waals surface area contributed by atoms with E-state index in [2.05, 4.69) is 16.9 Å². The summed E-state index contributed by atoms with van der Waals surface area (Å²) >= 11 is 0. The lowest BCUT2D eigenvalue weighted by atomic mass is 9.97. The molecular formula is C33H40F2N2O2. The van der Waals surface area contributed by atoms with Crippen LogP contribution in [0.25, 0.3) is 0 Å². The molecule has 4 nitrogen and oxygen atoms in total. The van der Waals surface area contributed by atoms with Crippen molar-refractivity contribution in [3.63, 3.8) is 0 Å². The van der Waals surface area contributed by atoms with Gasteiger partial charge in [0.05, 0.1) is 11.4 Å². The molecule has 0 aromatic heterocycles. The third-order valence-electron chi connectivity index (χ3n) is 6.48. The average Bonchev–Trinajstić information content (AvgIpc) is 2.92. The summed E-state index contributed by atoms with van der Waals surface area (Å²) in [5, 5.41) is 3.20. The second kappa shape index (κ2) is 15.0. The van der Waals surface area contributed by atoms with E-state index in [-0.39, 0.29) is 11.4 Å². The first-order valence-corrected chi connectivity index (χ1v) is 13.2. The monoisotopic (exact) mass is 534 g/mol. The predicted molar refractivity (Wildman–Crippen MR) is 159 cm³/mol. The van der Waals surface area contributed by atoms with Crippen molar-refractivity contribution >= 4 is 17.2 Å². The van der Waals surface area contributed by atoms with E-state index in [1.807, 2.05) is 58.1 Å². The summed E-state index contributed by atoms with van der Waals surface area (Å²) in [6.07, 6.45) is 10.3. The van der Waals surface area contributed by atoms with Gasteiger partial charge in [-0.15, -0.1) is 0 Å². The Hall–Kier alpha value is -3.80. The molecule has 0 spiro atoms. The second-order valence-electron chi connectivity index (χ2n) is 9.40. The van der Waals surface area contributed by atoms with Crippen molar-refractivity contribution in [1.29, 1.82) is 0 Å². The smallest absolute Gasteiger partial charge is 0.192 e. The van der Waals surface area contributed by atoms with E-state index < -0.39 is 18.1 Å². The van der Waals surface area contributed by atoms with Gasteiger partial charge in [0.1, 0.15) is 11.6 Å². The fourth-order valence-corrected chi connectivity index (χ4v) is 3.85. The van der Waals surface area contributed by atoms with E-state index in [9.17, 15) is 4.79 Å². The first-order valence-electron chi connectivity index (χ1n) is 13.2. The van der Waals surface area contributed by atoms with Gasteiger partial charge in [-0.2, -0.15) is 0 Å². The van der Waals surface area contributed by atoms with Crippen LogP contribution in [0.5, 0.6) is 0 Å². The molecule has 2 unspecified atom stereocenters. The highest BCUT2D eigenvalue weighted by Crippen LogP contribution is 2.31. The summed E-state index contributed by atoms with van der Waals surface area (Å²) in [6, 6.07) is 5.53. The minimum atomic E-state index is -1.93. The Kier molecular flexibility index (Phi) is 12.1. The number of hydrogen-bond acceptors (Lipinski definition) is 4. The molecule has 0 saturated heterocycles. The van der Waals surface area contributed by atoms with Crippen molar-refractivity contribution in [2.45, 2.75) is 73.6 Å². The lowest BCUT2D eigenvalue weighted by molar-refractivity contribution is 0.0847. The Balaban J connectivity index is 2.17. The van der Waals surface area contributed by atoms with Gasteiger partial charge in [0, 0.05) is 23.0 Å². The number of rotatable bonds is 12. The van der Waals surface area contributed by atoms with Crippen molar-refractivity contribution in [2.24, 2.45) is 4.99 Å². The molecule has 2 rings (SSSR count). The van der Waals surface area contributed by atoms with Crippen LogP contribution in [0.1, 0.15) is 70.8 Å². The number of benzene rings is 1. The number of hydrogen-bond donors (Lipinski definition) is 1. The van der Waals surface area contributed by atoms with Crippen molar-refractivity contribution in [2.75, 3.05) is 5.32 Å². The highest BCUT2D eigenvalue weighted by molar-refractivity contribution is 6.01. The van der Waals surface area contributed by atoms with Gasteiger partial charge in [0.2, 0.25) is 0 Å². The number of anilines is 1. The van der Waals surface area contributed by atoms with Gasteiger partial charge >= 0.3 is 0 Å². The molecule has 0 aliphatic heterocycles. The molecule has 0 saturated carbocycles. The molecule has 0 heterocycles. The average molecular weight is 535 g/mol. The molecule has 2 atom stereocenters. The molecule has 0 radical (unpaired) electrons. The third-order valence-corrected chi connectivity index (χ3v) is 6.48. The second-order valence-corrected chi connectivity index (χ2v) is 9.40. The maximum Gasteiger partial charge on any atom is 0.192 e. The lowest BCUT2D eigenvalue weighted by Crippen LogP contribution is -2.27. The van der Waals surface area contributed by atoms with E-state index in [1.54, 1.807) is 39.0 Å². The third kappa shape index (κ3) is 8.60. The summed E-state index contributed by atoms with van der Waals surface area (Å²) in [5.74, 6) is -0.328. The number of aliphatic imine (C=N–C) groups is 1. The summed E-state index contributed by atoms with van der Waals surface area (Å²) in [7, 11) is 0. The van der Waals surface area contributed by atoms with Gasteiger partial charge in [0.25, 0.3) is 0 Å². The maximum atomic E-state index is 15.1. The lowest BCUT2D eigenvalue weighted by Gasteiger charge is -2.25. The van der Waals surface area contributed by atoms with Crippen LogP contribution in [-0.4, -0.2) is 23.8 Å². The van der Waals surface area contributed by atoms with Crippen LogP contribution >= 0.6 is 0 Å². The fraction of sp³-hybridized carbons (Fsp3) is 0.333. The number of allylic oxidation sites excluding steroid dienone is 9. The standard InChI is InChI=1S/C33H40F2N2O2/c1-9-12-13-14-30(21(4)10-2)39-31-18-17-28(32(34)33(31)35)22(5)20-36-23(6)24(7)37-27-15-16-29(25(8)38)26(11-3)19-27/h9,12-20,31,33,37H,7,10-11H2,1-6,8H3/b12-9-,14-13-,22-20+,30-21-,36-23?. The van der Waals surface area contributed by atoms with Crippen molar-refractivity contribution < 1.29 is 18.3 Å². The minimum absolute atomic E-state index is 0.0245. The highest BCUT2D eigenvalue weighted by Gasteiger charge is 2.31. The molecule has 0 amide bonds. The topological polar surface area (TPSA) is 50.7 Å². The van der Waals surface area contributed by atoms with Crippen molar-refractivity contribution in [3.8, 4) is 0 Å². The zero-order valence-electron chi connectivity index (χ0n) is 24.1. The largest absolute Gasteiger partial charge is 0.483 e. The van der Waals surface area contributed by atoms with E-state index in [0.717, 1.165) is 29.7 Å². The van der Waals surface area contributed by atoms with Crippen molar-refractivity contribution in [1.82, 2.24) is 0 Å². The molecule has 1 aromatic rings. The fourth-order valence-electron chi connectivity index (χ4n) is 3.85. The molecule has 6 heteroatoms. The molecule has 1 aromatic carbocycles. The molecule has 1 N–H and O–H groups in total. The molecule has 39 heavy (non-hydrogen) atoms. The Labute approximate surface area is 232 Å². The number of nitrogens with zero attached hydrogens (tertiary/aromatic N) is 1. The van der Waals surface area contributed by atoms with E-state index in [0.29, 0.717) is 28.3 Å². The summed E-state index contributed by atoms with van der Waals surface area (Å²) in [5.41, 5.74) is 5.14. The van der Waals surface area contributed by atoms with Crippen LogP contribution in [0.2, 0.25) is 0 Å². The maximum absolute atomic E-state index is 15.1. The van der Waals surface area contributed by atoms with Crippen LogP contribution in [-0.2, 0) is 11.2 Å². The molecule has 208 valence electrons. The summed E-state index contributed by atoms with van der Waals surface area (Å²) in [4.78, 5) is 16.2. The number of alkyl halides is 1. The van der Waals surface area contributed by atoms with Crippen LogP contribution in [0, 0.1) is 0 Å². The normalized spacial score (nSPS) is 19.1. The van der Waals surface area contributed by atoms with Crippen LogP contribution in [0.4, 0.5) is 14.5 Å². The van der Waals surface area contributed by atoms with Gasteiger partial charge < -0.3 is 10.1 Å². The van der Waals surface area contributed by atoms with Crippen LogP contribution in [0.15, 0.2) is 106 Å². The minimum Gasteiger partial charge on any atom is -0.483 e. The Bertz CT molecular complexity index is 1290. The Morgan fingerprint density at radius 1 is 1.18 bits per heavy atom. The quantitative estimate of drug-likeness (QED) is 0.126. The zero-order valence-corrected chi connectivity index (χ0v) is 24.1. The van der Waals surface area contributed by atoms with Gasteiger partial charge in [0.15, 0.2) is 18.1 Å². The molecule has 1 aliphatic rings. The zero-order chi connectivity index (χ0) is 29.1. The molecular weight excluding hydrogens is 494 g/mol. The first kappa shape index (κ1) is 31.4. The van der Waals surface area contributed by atoms with Crippen molar-refractivity contribution in [3.05, 3.63) is 113 Å². The van der Waals surface area contributed by atoms with Gasteiger partial charge in [-0.25, -0.2) is 8.78 Å². The number of aryl methyl sites for hydroxylation is 1. The number of ketones is 1. The number of ether oxygens (including phenoxy) is 1. The Morgan fingerprint density at radius 2 is 1.90 bits per heavy atom.